The van der Waals surface area contributed by atoms with E-state index in [1.54, 1.807) is 24.3 Å². The van der Waals surface area contributed by atoms with Crippen LogP contribution in [0.3, 0.4) is 0 Å². The molecule has 0 unspecified atom stereocenters. The van der Waals surface area contributed by atoms with Gasteiger partial charge in [0, 0.05) is 11.7 Å². The standard InChI is InChI=1S/C14H17N3O/c1-2-17(13-7-8-13)10-14(18)16-12-5-3-11(9-15)4-6-12/h3-6,13H,2,7-8,10H2,1H3,(H,16,18). The fourth-order valence-electron chi connectivity index (χ4n) is 1.95. The molecule has 4 nitrogen and oxygen atoms in total. The molecular formula is C14H17N3O. The number of nitriles is 1. The molecule has 1 N–H and O–H groups in total. The molecule has 1 aromatic carbocycles. The van der Waals surface area contributed by atoms with E-state index in [4.69, 9.17) is 5.26 Å². The van der Waals surface area contributed by atoms with Crippen molar-refractivity contribution in [3.05, 3.63) is 29.8 Å². The summed E-state index contributed by atoms with van der Waals surface area (Å²) in [4.78, 5) is 14.0. The van der Waals surface area contributed by atoms with E-state index < -0.39 is 0 Å². The van der Waals surface area contributed by atoms with E-state index in [1.165, 1.54) is 12.8 Å². The first-order valence-corrected chi connectivity index (χ1v) is 6.27. The van der Waals surface area contributed by atoms with Crippen LogP contribution in [0.5, 0.6) is 0 Å². The van der Waals surface area contributed by atoms with Crippen LogP contribution in [-0.2, 0) is 4.79 Å². The first kappa shape index (κ1) is 12.6. The van der Waals surface area contributed by atoms with Crippen molar-refractivity contribution in [3.8, 4) is 6.07 Å². The number of likely N-dealkylation sites (N-methyl/N-ethyl adjacent to an activating group) is 1. The molecule has 0 radical (unpaired) electrons. The molecule has 1 aromatic rings. The van der Waals surface area contributed by atoms with Gasteiger partial charge in [-0.05, 0) is 43.7 Å². The summed E-state index contributed by atoms with van der Waals surface area (Å²) in [6, 6.07) is 9.56. The lowest BCUT2D eigenvalue weighted by molar-refractivity contribution is -0.117. The van der Waals surface area contributed by atoms with Crippen molar-refractivity contribution in [1.29, 1.82) is 5.26 Å². The number of carbonyl (C=O) groups excluding carboxylic acids is 1. The number of nitrogens with one attached hydrogen (secondary N) is 1. The molecule has 1 amide bonds. The number of rotatable bonds is 5. The van der Waals surface area contributed by atoms with Crippen molar-refractivity contribution in [3.63, 3.8) is 0 Å². The molecule has 0 aromatic heterocycles. The zero-order chi connectivity index (χ0) is 13.0. The number of benzene rings is 1. The normalized spacial score (nSPS) is 14.3. The lowest BCUT2D eigenvalue weighted by Crippen LogP contribution is -2.34. The number of amides is 1. The first-order chi connectivity index (χ1) is 8.72. The highest BCUT2D eigenvalue weighted by molar-refractivity contribution is 5.92. The minimum Gasteiger partial charge on any atom is -0.325 e. The van der Waals surface area contributed by atoms with Crippen molar-refractivity contribution < 1.29 is 4.79 Å². The van der Waals surface area contributed by atoms with Gasteiger partial charge in [-0.2, -0.15) is 5.26 Å². The Morgan fingerprint density at radius 1 is 1.44 bits per heavy atom. The fraction of sp³-hybridized carbons (Fsp3) is 0.429. The molecule has 0 atom stereocenters. The van der Waals surface area contributed by atoms with Gasteiger partial charge in [-0.3, -0.25) is 9.69 Å². The Hall–Kier alpha value is -1.86. The molecule has 0 heterocycles. The van der Waals surface area contributed by atoms with Crippen LogP contribution in [0.4, 0.5) is 5.69 Å². The zero-order valence-corrected chi connectivity index (χ0v) is 10.5. The quantitative estimate of drug-likeness (QED) is 0.860. The topological polar surface area (TPSA) is 56.1 Å². The highest BCUT2D eigenvalue weighted by Gasteiger charge is 2.28. The minimum absolute atomic E-state index is 0.00783. The Labute approximate surface area is 107 Å². The van der Waals surface area contributed by atoms with Crippen LogP contribution in [0.1, 0.15) is 25.3 Å². The summed E-state index contributed by atoms with van der Waals surface area (Å²) in [6.45, 7) is 3.43. The van der Waals surface area contributed by atoms with Crippen LogP contribution in [0, 0.1) is 11.3 Å². The van der Waals surface area contributed by atoms with Crippen LogP contribution in [-0.4, -0.2) is 29.9 Å². The Morgan fingerprint density at radius 2 is 2.11 bits per heavy atom. The maximum Gasteiger partial charge on any atom is 0.238 e. The average Bonchev–Trinajstić information content (AvgIpc) is 3.21. The van der Waals surface area contributed by atoms with Gasteiger partial charge in [0.05, 0.1) is 18.2 Å². The summed E-state index contributed by atoms with van der Waals surface area (Å²) in [6.07, 6.45) is 2.41. The lowest BCUT2D eigenvalue weighted by Gasteiger charge is -2.18. The Balaban J connectivity index is 1.88. The SMILES string of the molecule is CCN(CC(=O)Nc1ccc(C#N)cc1)C1CC1. The van der Waals surface area contributed by atoms with Gasteiger partial charge in [-0.25, -0.2) is 0 Å². The average molecular weight is 243 g/mol. The van der Waals surface area contributed by atoms with Crippen molar-refractivity contribution in [2.75, 3.05) is 18.4 Å². The molecule has 18 heavy (non-hydrogen) atoms. The molecule has 94 valence electrons. The maximum absolute atomic E-state index is 11.9. The van der Waals surface area contributed by atoms with Gasteiger partial charge in [0.2, 0.25) is 5.91 Å². The van der Waals surface area contributed by atoms with Gasteiger partial charge < -0.3 is 5.32 Å². The molecule has 1 fully saturated rings. The number of carbonyl (C=O) groups is 1. The van der Waals surface area contributed by atoms with Crippen molar-refractivity contribution in [1.82, 2.24) is 4.90 Å². The summed E-state index contributed by atoms with van der Waals surface area (Å²) in [5.74, 6) is 0.00783. The molecule has 0 spiro atoms. The van der Waals surface area contributed by atoms with E-state index in [0.717, 1.165) is 12.2 Å². The predicted molar refractivity (Wildman–Crippen MR) is 70.1 cm³/mol. The lowest BCUT2D eigenvalue weighted by atomic mass is 10.2. The third-order valence-electron chi connectivity index (χ3n) is 3.11. The molecular weight excluding hydrogens is 226 g/mol. The van der Waals surface area contributed by atoms with Gasteiger partial charge in [0.15, 0.2) is 0 Å². The predicted octanol–water partition coefficient (Wildman–Crippen LogP) is 1.98. The fourth-order valence-corrected chi connectivity index (χ4v) is 1.95. The van der Waals surface area contributed by atoms with Gasteiger partial charge in [-0.15, -0.1) is 0 Å². The molecule has 4 heteroatoms. The Morgan fingerprint density at radius 3 is 2.61 bits per heavy atom. The van der Waals surface area contributed by atoms with Gasteiger partial charge in [0.25, 0.3) is 0 Å². The highest BCUT2D eigenvalue weighted by Crippen LogP contribution is 2.26. The van der Waals surface area contributed by atoms with E-state index in [9.17, 15) is 4.79 Å². The molecule has 1 aliphatic rings. The van der Waals surface area contributed by atoms with Crippen LogP contribution >= 0.6 is 0 Å². The van der Waals surface area contributed by atoms with Gasteiger partial charge in [0.1, 0.15) is 0 Å². The van der Waals surface area contributed by atoms with Crippen LogP contribution in [0.25, 0.3) is 0 Å². The minimum atomic E-state index is 0.00783. The number of anilines is 1. The Kier molecular flexibility index (Phi) is 3.96. The smallest absolute Gasteiger partial charge is 0.238 e. The number of hydrogen-bond acceptors (Lipinski definition) is 3. The zero-order valence-electron chi connectivity index (χ0n) is 10.5. The summed E-state index contributed by atoms with van der Waals surface area (Å²) in [5.41, 5.74) is 1.34. The van der Waals surface area contributed by atoms with Crippen molar-refractivity contribution in [2.24, 2.45) is 0 Å². The highest BCUT2D eigenvalue weighted by atomic mass is 16.2. The van der Waals surface area contributed by atoms with Crippen LogP contribution in [0.15, 0.2) is 24.3 Å². The van der Waals surface area contributed by atoms with Crippen molar-refractivity contribution in [2.45, 2.75) is 25.8 Å². The first-order valence-electron chi connectivity index (χ1n) is 6.27. The largest absolute Gasteiger partial charge is 0.325 e. The van der Waals surface area contributed by atoms with Crippen molar-refractivity contribution >= 4 is 11.6 Å². The third kappa shape index (κ3) is 3.31. The summed E-state index contributed by atoms with van der Waals surface area (Å²) >= 11 is 0. The van der Waals surface area contributed by atoms with E-state index in [0.29, 0.717) is 18.2 Å². The maximum atomic E-state index is 11.9. The van der Waals surface area contributed by atoms with E-state index >= 15 is 0 Å². The van der Waals surface area contributed by atoms with E-state index in [1.807, 2.05) is 0 Å². The van der Waals surface area contributed by atoms with Gasteiger partial charge in [-0.1, -0.05) is 6.92 Å². The number of nitrogens with zero attached hydrogens (tertiary/aromatic N) is 2. The summed E-state index contributed by atoms with van der Waals surface area (Å²) < 4.78 is 0. The Bertz CT molecular complexity index is 457. The molecule has 1 saturated carbocycles. The third-order valence-corrected chi connectivity index (χ3v) is 3.11. The summed E-state index contributed by atoms with van der Waals surface area (Å²) in [5, 5.41) is 11.5. The van der Waals surface area contributed by atoms with Crippen LogP contribution < -0.4 is 5.32 Å². The molecule has 0 aliphatic heterocycles. The second-order valence-corrected chi connectivity index (χ2v) is 4.53. The summed E-state index contributed by atoms with van der Waals surface area (Å²) in [7, 11) is 0. The molecule has 0 saturated heterocycles. The van der Waals surface area contributed by atoms with E-state index in [-0.39, 0.29) is 5.91 Å². The molecule has 1 aliphatic carbocycles. The van der Waals surface area contributed by atoms with E-state index in [2.05, 4.69) is 23.2 Å². The van der Waals surface area contributed by atoms with Crippen LogP contribution in [0.2, 0.25) is 0 Å². The molecule has 0 bridgehead atoms. The monoisotopic (exact) mass is 243 g/mol. The second kappa shape index (κ2) is 5.65. The number of hydrogen-bond donors (Lipinski definition) is 1. The van der Waals surface area contributed by atoms with Gasteiger partial charge >= 0.3 is 0 Å². The second-order valence-electron chi connectivity index (χ2n) is 4.53. The molecule has 2 rings (SSSR count).